The predicted molar refractivity (Wildman–Crippen MR) is 80.5 cm³/mol. The Morgan fingerprint density at radius 2 is 1.79 bits per heavy atom. The molecule has 0 fully saturated rings. The van der Waals surface area contributed by atoms with Crippen LogP contribution in [0.2, 0.25) is 15.1 Å². The van der Waals surface area contributed by atoms with Gasteiger partial charge in [0.2, 0.25) is 5.95 Å². The summed E-state index contributed by atoms with van der Waals surface area (Å²) in [5, 5.41) is 1.65. The van der Waals surface area contributed by atoms with Gasteiger partial charge in [-0.05, 0) is 30.3 Å². The fraction of sp³-hybridized carbons (Fsp3) is 0. The molecular weight excluding hydrogens is 305 g/mol. The number of hydrogen-bond acceptors (Lipinski definition) is 2. The normalized spacial score (nSPS) is 11.1. The molecule has 3 aromatic rings. The van der Waals surface area contributed by atoms with E-state index in [0.29, 0.717) is 32.2 Å². The molecule has 3 nitrogen and oxygen atoms in total. The van der Waals surface area contributed by atoms with E-state index in [1.165, 1.54) is 0 Å². The Hall–Kier alpha value is -1.42. The van der Waals surface area contributed by atoms with E-state index in [1.807, 2.05) is 12.1 Å². The third kappa shape index (κ3) is 2.04. The molecule has 1 heterocycles. The number of fused-ring (bicyclic) bond motifs is 1. The molecule has 0 aliphatic rings. The molecule has 0 atom stereocenters. The summed E-state index contributed by atoms with van der Waals surface area (Å²) in [6, 6.07) is 10.6. The van der Waals surface area contributed by atoms with Gasteiger partial charge in [0, 0.05) is 5.02 Å². The molecule has 1 aromatic heterocycles. The number of rotatable bonds is 1. The molecule has 0 bridgehead atoms. The van der Waals surface area contributed by atoms with Crippen molar-refractivity contribution >= 4 is 51.8 Å². The summed E-state index contributed by atoms with van der Waals surface area (Å²) in [5.74, 6) is 0.312. The Bertz CT molecular complexity index is 780. The summed E-state index contributed by atoms with van der Waals surface area (Å²) in [4.78, 5) is 4.27. The van der Waals surface area contributed by atoms with Crippen LogP contribution >= 0.6 is 34.8 Å². The van der Waals surface area contributed by atoms with Gasteiger partial charge in [-0.15, -0.1) is 0 Å². The Morgan fingerprint density at radius 1 is 1.00 bits per heavy atom. The highest BCUT2D eigenvalue weighted by Gasteiger charge is 2.14. The van der Waals surface area contributed by atoms with E-state index >= 15 is 0 Å². The molecule has 0 spiro atoms. The number of anilines is 1. The first-order valence-electron chi connectivity index (χ1n) is 5.46. The first-order valence-corrected chi connectivity index (χ1v) is 6.59. The summed E-state index contributed by atoms with van der Waals surface area (Å²) in [5.41, 5.74) is 8.06. The highest BCUT2D eigenvalue weighted by Crippen LogP contribution is 2.32. The smallest absolute Gasteiger partial charge is 0.206 e. The minimum atomic E-state index is 0.312. The molecule has 0 saturated heterocycles. The Kier molecular flexibility index (Phi) is 3.05. The van der Waals surface area contributed by atoms with Crippen LogP contribution < -0.4 is 5.73 Å². The quantitative estimate of drug-likeness (QED) is 0.715. The average Bonchev–Trinajstić information content (AvgIpc) is 2.70. The van der Waals surface area contributed by atoms with Crippen LogP contribution in [-0.2, 0) is 0 Å². The van der Waals surface area contributed by atoms with Crippen LogP contribution in [-0.4, -0.2) is 9.55 Å². The van der Waals surface area contributed by atoms with Crippen molar-refractivity contribution in [2.75, 3.05) is 5.73 Å². The Labute approximate surface area is 124 Å². The molecule has 0 amide bonds. The van der Waals surface area contributed by atoms with Crippen molar-refractivity contribution in [1.82, 2.24) is 9.55 Å². The van der Waals surface area contributed by atoms with E-state index < -0.39 is 0 Å². The summed E-state index contributed by atoms with van der Waals surface area (Å²) < 4.78 is 1.73. The van der Waals surface area contributed by atoms with Gasteiger partial charge >= 0.3 is 0 Å². The lowest BCUT2D eigenvalue weighted by Gasteiger charge is -2.09. The van der Waals surface area contributed by atoms with Gasteiger partial charge in [-0.3, -0.25) is 4.57 Å². The average molecular weight is 313 g/mol. The van der Waals surface area contributed by atoms with Crippen molar-refractivity contribution in [2.45, 2.75) is 0 Å². The molecular formula is C13H8Cl3N3. The Morgan fingerprint density at radius 3 is 2.58 bits per heavy atom. The third-order valence-electron chi connectivity index (χ3n) is 2.81. The standard InChI is InChI=1S/C13H8Cl3N3/c14-7-4-5-8(15)11(6-7)19-10-3-1-2-9(16)12(10)18-13(19)17/h1-6H,(H2,17,18). The molecule has 2 N–H and O–H groups in total. The van der Waals surface area contributed by atoms with E-state index in [9.17, 15) is 0 Å². The van der Waals surface area contributed by atoms with E-state index in [0.717, 1.165) is 5.52 Å². The number of halogens is 3. The molecule has 6 heteroatoms. The van der Waals surface area contributed by atoms with Crippen molar-refractivity contribution in [3.8, 4) is 5.69 Å². The number of hydrogen-bond donors (Lipinski definition) is 1. The fourth-order valence-electron chi connectivity index (χ4n) is 1.99. The van der Waals surface area contributed by atoms with Crippen molar-refractivity contribution in [3.05, 3.63) is 51.5 Å². The number of nitrogens with zero attached hydrogens (tertiary/aromatic N) is 2. The van der Waals surface area contributed by atoms with Crippen molar-refractivity contribution in [2.24, 2.45) is 0 Å². The van der Waals surface area contributed by atoms with Gasteiger partial charge in [0.15, 0.2) is 0 Å². The van der Waals surface area contributed by atoms with Crippen LogP contribution in [0.3, 0.4) is 0 Å². The van der Waals surface area contributed by atoms with E-state index in [2.05, 4.69) is 4.98 Å². The molecule has 19 heavy (non-hydrogen) atoms. The highest BCUT2D eigenvalue weighted by atomic mass is 35.5. The molecule has 0 saturated carbocycles. The van der Waals surface area contributed by atoms with Gasteiger partial charge in [0.05, 0.1) is 21.2 Å². The number of aromatic nitrogens is 2. The van der Waals surface area contributed by atoms with Crippen molar-refractivity contribution in [1.29, 1.82) is 0 Å². The summed E-state index contributed by atoms with van der Waals surface area (Å²) in [7, 11) is 0. The molecule has 0 aliphatic heterocycles. The second kappa shape index (κ2) is 4.60. The topological polar surface area (TPSA) is 43.8 Å². The summed E-state index contributed by atoms with van der Waals surface area (Å²) in [6.45, 7) is 0. The maximum atomic E-state index is 6.20. The first kappa shape index (κ1) is 12.6. The number of nitrogens with two attached hydrogens (primary N) is 1. The fourth-order valence-corrected chi connectivity index (χ4v) is 2.57. The Balaban J connectivity index is 2.39. The first-order chi connectivity index (χ1) is 9.08. The van der Waals surface area contributed by atoms with Gasteiger partial charge in [0.25, 0.3) is 0 Å². The maximum absolute atomic E-state index is 6.20. The van der Waals surface area contributed by atoms with E-state index in [-0.39, 0.29) is 0 Å². The molecule has 96 valence electrons. The van der Waals surface area contributed by atoms with Gasteiger partial charge in [0.1, 0.15) is 5.52 Å². The van der Waals surface area contributed by atoms with Gasteiger partial charge in [-0.2, -0.15) is 0 Å². The molecule has 2 aromatic carbocycles. The lowest BCUT2D eigenvalue weighted by molar-refractivity contribution is 1.11. The summed E-state index contributed by atoms with van der Waals surface area (Å²) in [6.07, 6.45) is 0. The molecule has 0 aliphatic carbocycles. The molecule has 0 radical (unpaired) electrons. The second-order valence-corrected chi connectivity index (χ2v) is 5.26. The lowest BCUT2D eigenvalue weighted by Crippen LogP contribution is -2.01. The van der Waals surface area contributed by atoms with Crippen LogP contribution in [0.25, 0.3) is 16.7 Å². The summed E-state index contributed by atoms with van der Waals surface area (Å²) >= 11 is 18.3. The minimum Gasteiger partial charge on any atom is -0.369 e. The zero-order valence-electron chi connectivity index (χ0n) is 9.57. The SMILES string of the molecule is Nc1nc2c(Cl)cccc2n1-c1cc(Cl)ccc1Cl. The molecule has 3 rings (SSSR count). The van der Waals surface area contributed by atoms with E-state index in [4.69, 9.17) is 40.5 Å². The number of benzene rings is 2. The monoisotopic (exact) mass is 311 g/mol. The van der Waals surface area contributed by atoms with Crippen LogP contribution in [0.4, 0.5) is 5.95 Å². The van der Waals surface area contributed by atoms with Crippen LogP contribution in [0, 0.1) is 0 Å². The van der Waals surface area contributed by atoms with Crippen LogP contribution in [0.15, 0.2) is 36.4 Å². The number of imidazole rings is 1. The highest BCUT2D eigenvalue weighted by molar-refractivity contribution is 6.35. The van der Waals surface area contributed by atoms with Crippen LogP contribution in [0.5, 0.6) is 0 Å². The predicted octanol–water partition coefficient (Wildman–Crippen LogP) is 4.57. The second-order valence-electron chi connectivity index (χ2n) is 4.01. The number of nitrogen functional groups attached to an aromatic ring is 1. The largest absolute Gasteiger partial charge is 0.369 e. The third-order valence-corrected chi connectivity index (χ3v) is 3.67. The zero-order chi connectivity index (χ0) is 13.6. The molecule has 0 unspecified atom stereocenters. The number of para-hydroxylation sites is 1. The zero-order valence-corrected chi connectivity index (χ0v) is 11.8. The van der Waals surface area contributed by atoms with Gasteiger partial charge < -0.3 is 5.73 Å². The van der Waals surface area contributed by atoms with Gasteiger partial charge in [-0.1, -0.05) is 40.9 Å². The van der Waals surface area contributed by atoms with Gasteiger partial charge in [-0.25, -0.2) is 4.98 Å². The van der Waals surface area contributed by atoms with E-state index in [1.54, 1.807) is 28.8 Å². The minimum absolute atomic E-state index is 0.312. The maximum Gasteiger partial charge on any atom is 0.206 e. The van der Waals surface area contributed by atoms with Crippen molar-refractivity contribution < 1.29 is 0 Å². The van der Waals surface area contributed by atoms with Crippen LogP contribution in [0.1, 0.15) is 0 Å². The lowest BCUT2D eigenvalue weighted by atomic mass is 10.2. The van der Waals surface area contributed by atoms with Crippen molar-refractivity contribution in [3.63, 3.8) is 0 Å².